The second-order valence-electron chi connectivity index (χ2n) is 3.71. The molecule has 15 heavy (non-hydrogen) atoms. The summed E-state index contributed by atoms with van der Waals surface area (Å²) in [5, 5.41) is 0. The van der Waals surface area contributed by atoms with Gasteiger partial charge >= 0.3 is 0 Å². The average Bonchev–Trinajstić information content (AvgIpc) is 2.88. The maximum absolute atomic E-state index is 5.86. The molecule has 2 heterocycles. The summed E-state index contributed by atoms with van der Waals surface area (Å²) in [4.78, 5) is 4.12. The van der Waals surface area contributed by atoms with E-state index >= 15 is 0 Å². The van der Waals surface area contributed by atoms with Gasteiger partial charge in [0.25, 0.3) is 0 Å². The maximum Gasteiger partial charge on any atom is 0.126 e. The van der Waals surface area contributed by atoms with Gasteiger partial charge < -0.3 is 14.7 Å². The molecule has 2 aromatic heterocycles. The molecule has 0 spiro atoms. The Bertz CT molecular complexity index is 417. The van der Waals surface area contributed by atoms with Crippen molar-refractivity contribution in [2.24, 2.45) is 5.73 Å². The molecule has 0 saturated carbocycles. The molecule has 2 aromatic rings. The standard InChI is InChI=1S/C11H15N3O/c1-8(12)10-6-13-7-14(10)9(2)11-4-3-5-15-11/h3-9H,12H2,1-2H3/t8-,9?/m1/s1. The molecule has 0 radical (unpaired) electrons. The van der Waals surface area contributed by atoms with Gasteiger partial charge in [-0.15, -0.1) is 0 Å². The molecule has 2 atom stereocenters. The topological polar surface area (TPSA) is 57.0 Å². The van der Waals surface area contributed by atoms with Crippen LogP contribution in [0.25, 0.3) is 0 Å². The first-order valence-electron chi connectivity index (χ1n) is 5.01. The van der Waals surface area contributed by atoms with Crippen molar-refractivity contribution in [3.63, 3.8) is 0 Å². The van der Waals surface area contributed by atoms with Gasteiger partial charge in [-0.05, 0) is 26.0 Å². The molecule has 0 fully saturated rings. The molecule has 0 saturated heterocycles. The highest BCUT2D eigenvalue weighted by Gasteiger charge is 2.15. The Hall–Kier alpha value is -1.55. The largest absolute Gasteiger partial charge is 0.467 e. The molecule has 2 N–H and O–H groups in total. The molecule has 2 rings (SSSR count). The van der Waals surface area contributed by atoms with Crippen LogP contribution in [0, 0.1) is 0 Å². The minimum atomic E-state index is -0.0232. The lowest BCUT2D eigenvalue weighted by atomic mass is 10.2. The lowest BCUT2D eigenvalue weighted by molar-refractivity contribution is 0.436. The molecule has 4 nitrogen and oxygen atoms in total. The van der Waals surface area contributed by atoms with Gasteiger partial charge in [-0.2, -0.15) is 0 Å². The van der Waals surface area contributed by atoms with Crippen molar-refractivity contribution in [1.29, 1.82) is 0 Å². The predicted molar refractivity (Wildman–Crippen MR) is 57.4 cm³/mol. The molecule has 0 aliphatic heterocycles. The number of hydrogen-bond donors (Lipinski definition) is 1. The summed E-state index contributed by atoms with van der Waals surface area (Å²) < 4.78 is 7.40. The predicted octanol–water partition coefficient (Wildman–Crippen LogP) is 2.11. The molecule has 0 bridgehead atoms. The van der Waals surface area contributed by atoms with Gasteiger partial charge in [-0.3, -0.25) is 0 Å². The molecule has 0 aliphatic rings. The van der Waals surface area contributed by atoms with Crippen LogP contribution in [0.4, 0.5) is 0 Å². The van der Waals surface area contributed by atoms with Crippen LogP contribution in [0.5, 0.6) is 0 Å². The summed E-state index contributed by atoms with van der Waals surface area (Å²) in [6.07, 6.45) is 5.25. The maximum atomic E-state index is 5.86. The summed E-state index contributed by atoms with van der Waals surface area (Å²) in [7, 11) is 0. The lowest BCUT2D eigenvalue weighted by Gasteiger charge is -2.16. The Morgan fingerprint density at radius 3 is 2.87 bits per heavy atom. The van der Waals surface area contributed by atoms with Crippen molar-refractivity contribution in [2.45, 2.75) is 25.9 Å². The normalized spacial score (nSPS) is 15.1. The number of rotatable bonds is 3. The fourth-order valence-corrected chi connectivity index (χ4v) is 1.66. The highest BCUT2D eigenvalue weighted by molar-refractivity contribution is 5.11. The van der Waals surface area contributed by atoms with Gasteiger partial charge in [0.1, 0.15) is 5.76 Å². The minimum absolute atomic E-state index is 0.0232. The zero-order chi connectivity index (χ0) is 10.8. The van der Waals surface area contributed by atoms with E-state index in [0.717, 1.165) is 11.5 Å². The van der Waals surface area contributed by atoms with Crippen LogP contribution in [0.15, 0.2) is 35.3 Å². The Balaban J connectivity index is 2.33. The highest BCUT2D eigenvalue weighted by Crippen LogP contribution is 2.22. The van der Waals surface area contributed by atoms with Gasteiger partial charge in [0.05, 0.1) is 24.3 Å². The summed E-state index contributed by atoms with van der Waals surface area (Å²) >= 11 is 0. The Kier molecular flexibility index (Phi) is 2.60. The van der Waals surface area contributed by atoms with Crippen molar-refractivity contribution >= 4 is 0 Å². The third kappa shape index (κ3) is 1.80. The molecule has 0 aromatic carbocycles. The fourth-order valence-electron chi connectivity index (χ4n) is 1.66. The van der Waals surface area contributed by atoms with Crippen LogP contribution >= 0.6 is 0 Å². The van der Waals surface area contributed by atoms with Crippen LogP contribution in [-0.4, -0.2) is 9.55 Å². The smallest absolute Gasteiger partial charge is 0.126 e. The number of aromatic nitrogens is 2. The van der Waals surface area contributed by atoms with E-state index in [4.69, 9.17) is 10.2 Å². The summed E-state index contributed by atoms with van der Waals surface area (Å²) in [5.41, 5.74) is 6.87. The van der Waals surface area contributed by atoms with Crippen LogP contribution in [0.3, 0.4) is 0 Å². The first-order chi connectivity index (χ1) is 7.20. The molecule has 1 unspecified atom stereocenters. The number of imidazole rings is 1. The molecule has 0 aliphatic carbocycles. The first-order valence-corrected chi connectivity index (χ1v) is 5.01. The molecule has 0 amide bonds. The van der Waals surface area contributed by atoms with Gasteiger partial charge in [0.2, 0.25) is 0 Å². The summed E-state index contributed by atoms with van der Waals surface area (Å²) in [5.74, 6) is 0.912. The van der Waals surface area contributed by atoms with Crippen LogP contribution in [0.2, 0.25) is 0 Å². The van der Waals surface area contributed by atoms with E-state index in [1.165, 1.54) is 0 Å². The summed E-state index contributed by atoms with van der Waals surface area (Å²) in [6, 6.07) is 3.94. The van der Waals surface area contributed by atoms with Crippen molar-refractivity contribution in [1.82, 2.24) is 9.55 Å². The molecule has 4 heteroatoms. The number of furan rings is 1. The van der Waals surface area contributed by atoms with Gasteiger partial charge in [-0.1, -0.05) is 0 Å². The van der Waals surface area contributed by atoms with Crippen LogP contribution in [0.1, 0.15) is 37.4 Å². The Labute approximate surface area is 88.7 Å². The first kappa shape index (κ1) is 9.98. The zero-order valence-corrected chi connectivity index (χ0v) is 8.92. The third-order valence-corrected chi connectivity index (χ3v) is 2.53. The Morgan fingerprint density at radius 1 is 1.47 bits per heavy atom. The SMILES string of the molecule is CC(c1ccco1)n1cncc1[C@@H](C)N. The van der Waals surface area contributed by atoms with E-state index in [1.807, 2.05) is 23.6 Å². The van der Waals surface area contributed by atoms with Crippen molar-refractivity contribution < 1.29 is 4.42 Å². The van der Waals surface area contributed by atoms with Gasteiger partial charge in [-0.25, -0.2) is 4.98 Å². The second-order valence-corrected chi connectivity index (χ2v) is 3.71. The van der Waals surface area contributed by atoms with Crippen molar-refractivity contribution in [3.05, 3.63) is 42.4 Å². The van der Waals surface area contributed by atoms with E-state index in [0.29, 0.717) is 0 Å². The zero-order valence-electron chi connectivity index (χ0n) is 8.92. The molecular weight excluding hydrogens is 190 g/mol. The second kappa shape index (κ2) is 3.90. The van der Waals surface area contributed by atoms with Gasteiger partial charge in [0, 0.05) is 12.2 Å². The summed E-state index contributed by atoms with van der Waals surface area (Å²) in [6.45, 7) is 4.01. The quantitative estimate of drug-likeness (QED) is 0.834. The third-order valence-electron chi connectivity index (χ3n) is 2.53. The minimum Gasteiger partial charge on any atom is -0.467 e. The number of nitrogens with zero attached hydrogens (tertiary/aromatic N) is 2. The van der Waals surface area contributed by atoms with Crippen molar-refractivity contribution in [2.75, 3.05) is 0 Å². The van der Waals surface area contributed by atoms with Gasteiger partial charge in [0.15, 0.2) is 0 Å². The Morgan fingerprint density at radius 2 is 2.27 bits per heavy atom. The molecular formula is C11H15N3O. The highest BCUT2D eigenvalue weighted by atomic mass is 16.3. The van der Waals surface area contributed by atoms with E-state index in [2.05, 4.69) is 11.9 Å². The van der Waals surface area contributed by atoms with E-state index in [-0.39, 0.29) is 12.1 Å². The molecule has 80 valence electrons. The van der Waals surface area contributed by atoms with E-state index in [1.54, 1.807) is 18.8 Å². The number of hydrogen-bond acceptors (Lipinski definition) is 3. The number of nitrogens with two attached hydrogens (primary N) is 1. The van der Waals surface area contributed by atoms with E-state index < -0.39 is 0 Å². The van der Waals surface area contributed by atoms with E-state index in [9.17, 15) is 0 Å². The van der Waals surface area contributed by atoms with Crippen LogP contribution in [-0.2, 0) is 0 Å². The average molecular weight is 205 g/mol. The monoisotopic (exact) mass is 205 g/mol. The van der Waals surface area contributed by atoms with Crippen molar-refractivity contribution in [3.8, 4) is 0 Å². The lowest BCUT2D eigenvalue weighted by Crippen LogP contribution is -2.15. The van der Waals surface area contributed by atoms with Crippen LogP contribution < -0.4 is 5.73 Å². The fraction of sp³-hybridized carbons (Fsp3) is 0.364.